The molecule has 0 radical (unpaired) electrons. The number of piperidine rings is 1. The molecule has 1 aromatic carbocycles. The van der Waals surface area contributed by atoms with E-state index in [2.05, 4.69) is 16.2 Å². The standard InChI is InChI=1S/C17H18N4O2/c1-2-15-19-16(23-20-15)14-8-3-4-9-21(14)17(22)13-7-5-6-12(10-13)11-18/h5-7,10,14H,2-4,8-9H2,1H3/t14-/m1/s1. The van der Waals surface area contributed by atoms with E-state index in [0.717, 1.165) is 19.3 Å². The molecule has 6 heteroatoms. The van der Waals surface area contributed by atoms with Crippen LogP contribution in [0, 0.1) is 11.3 Å². The van der Waals surface area contributed by atoms with Crippen molar-refractivity contribution in [3.8, 4) is 6.07 Å². The van der Waals surface area contributed by atoms with Crippen molar-refractivity contribution in [1.29, 1.82) is 5.26 Å². The number of carbonyl (C=O) groups is 1. The molecule has 6 nitrogen and oxygen atoms in total. The van der Waals surface area contributed by atoms with Gasteiger partial charge in [-0.3, -0.25) is 4.79 Å². The summed E-state index contributed by atoms with van der Waals surface area (Å²) >= 11 is 0. The molecule has 23 heavy (non-hydrogen) atoms. The van der Waals surface area contributed by atoms with Gasteiger partial charge in [-0.25, -0.2) is 0 Å². The molecule has 0 aliphatic carbocycles. The van der Waals surface area contributed by atoms with Crippen LogP contribution in [0.3, 0.4) is 0 Å². The number of likely N-dealkylation sites (tertiary alicyclic amines) is 1. The fraction of sp³-hybridized carbons (Fsp3) is 0.412. The van der Waals surface area contributed by atoms with E-state index in [1.54, 1.807) is 29.2 Å². The zero-order chi connectivity index (χ0) is 16.2. The average molecular weight is 310 g/mol. The topological polar surface area (TPSA) is 83.0 Å². The summed E-state index contributed by atoms with van der Waals surface area (Å²) in [6.45, 7) is 2.62. The Hall–Kier alpha value is -2.68. The molecule has 1 saturated heterocycles. The first-order valence-corrected chi connectivity index (χ1v) is 7.86. The third-order valence-electron chi connectivity index (χ3n) is 4.09. The number of benzene rings is 1. The van der Waals surface area contributed by atoms with Crippen molar-refractivity contribution >= 4 is 5.91 Å². The number of nitriles is 1. The SMILES string of the molecule is CCc1noc([C@H]2CCCCN2C(=O)c2cccc(C#N)c2)n1. The van der Waals surface area contributed by atoms with Crippen molar-refractivity contribution in [1.82, 2.24) is 15.0 Å². The molecule has 3 rings (SSSR count). The van der Waals surface area contributed by atoms with Gasteiger partial charge in [0.25, 0.3) is 5.91 Å². The number of nitrogens with zero attached hydrogens (tertiary/aromatic N) is 4. The molecule has 2 heterocycles. The molecule has 0 unspecified atom stereocenters. The quantitative estimate of drug-likeness (QED) is 0.870. The first-order chi connectivity index (χ1) is 11.2. The lowest BCUT2D eigenvalue weighted by molar-refractivity contribution is 0.0561. The van der Waals surface area contributed by atoms with E-state index in [4.69, 9.17) is 9.78 Å². The van der Waals surface area contributed by atoms with Crippen LogP contribution in [0.15, 0.2) is 28.8 Å². The first-order valence-electron chi connectivity index (χ1n) is 7.86. The monoisotopic (exact) mass is 310 g/mol. The van der Waals surface area contributed by atoms with Gasteiger partial charge in [0, 0.05) is 18.5 Å². The summed E-state index contributed by atoms with van der Waals surface area (Å²) in [6.07, 6.45) is 3.49. The molecule has 1 fully saturated rings. The van der Waals surface area contributed by atoms with Crippen LogP contribution >= 0.6 is 0 Å². The highest BCUT2D eigenvalue weighted by atomic mass is 16.5. The van der Waals surface area contributed by atoms with Gasteiger partial charge in [-0.05, 0) is 37.5 Å². The van der Waals surface area contributed by atoms with Gasteiger partial charge >= 0.3 is 0 Å². The predicted octanol–water partition coefficient (Wildman–Crippen LogP) is 2.87. The Morgan fingerprint density at radius 2 is 2.35 bits per heavy atom. The number of hydrogen-bond donors (Lipinski definition) is 0. The number of hydrogen-bond acceptors (Lipinski definition) is 5. The highest BCUT2D eigenvalue weighted by molar-refractivity contribution is 5.94. The lowest BCUT2D eigenvalue weighted by Crippen LogP contribution is -2.38. The fourth-order valence-corrected chi connectivity index (χ4v) is 2.87. The molecule has 0 saturated carbocycles. The van der Waals surface area contributed by atoms with Crippen LogP contribution in [0.4, 0.5) is 0 Å². The zero-order valence-corrected chi connectivity index (χ0v) is 13.0. The summed E-state index contributed by atoms with van der Waals surface area (Å²) in [5, 5.41) is 12.9. The Morgan fingerprint density at radius 1 is 1.48 bits per heavy atom. The van der Waals surface area contributed by atoms with E-state index in [-0.39, 0.29) is 11.9 Å². The Balaban J connectivity index is 1.88. The molecule has 1 aliphatic rings. The Morgan fingerprint density at radius 3 is 3.09 bits per heavy atom. The van der Waals surface area contributed by atoms with Crippen molar-refractivity contribution in [3.63, 3.8) is 0 Å². The molecule has 1 amide bonds. The smallest absolute Gasteiger partial charge is 0.254 e. The molecule has 1 atom stereocenters. The van der Waals surface area contributed by atoms with E-state index >= 15 is 0 Å². The summed E-state index contributed by atoms with van der Waals surface area (Å²) in [5.74, 6) is 1.07. The molecular weight excluding hydrogens is 292 g/mol. The maximum absolute atomic E-state index is 12.9. The van der Waals surface area contributed by atoms with Gasteiger partial charge < -0.3 is 9.42 Å². The summed E-state index contributed by atoms with van der Waals surface area (Å²) in [6, 6.07) is 8.66. The molecule has 0 bridgehead atoms. The predicted molar refractivity (Wildman–Crippen MR) is 82.5 cm³/mol. The lowest BCUT2D eigenvalue weighted by Gasteiger charge is -2.33. The van der Waals surface area contributed by atoms with Crippen LogP contribution in [0.5, 0.6) is 0 Å². The van der Waals surface area contributed by atoms with E-state index in [9.17, 15) is 4.79 Å². The van der Waals surface area contributed by atoms with Crippen LogP contribution in [-0.2, 0) is 6.42 Å². The van der Waals surface area contributed by atoms with Crippen LogP contribution in [0.1, 0.15) is 59.9 Å². The highest BCUT2D eigenvalue weighted by Crippen LogP contribution is 2.31. The van der Waals surface area contributed by atoms with Gasteiger partial charge in [-0.2, -0.15) is 10.2 Å². The minimum absolute atomic E-state index is 0.0944. The van der Waals surface area contributed by atoms with Crippen LogP contribution in [0.25, 0.3) is 0 Å². The van der Waals surface area contributed by atoms with Gasteiger partial charge in [-0.15, -0.1) is 0 Å². The molecule has 118 valence electrons. The van der Waals surface area contributed by atoms with Crippen LogP contribution < -0.4 is 0 Å². The number of carbonyl (C=O) groups excluding carboxylic acids is 1. The second kappa shape index (κ2) is 6.61. The second-order valence-corrected chi connectivity index (χ2v) is 5.61. The lowest BCUT2D eigenvalue weighted by atomic mass is 10.00. The normalized spacial score (nSPS) is 17.7. The molecule has 0 N–H and O–H groups in total. The summed E-state index contributed by atoms with van der Waals surface area (Å²) in [7, 11) is 0. The first kappa shape index (κ1) is 15.2. The Kier molecular flexibility index (Phi) is 4.38. The second-order valence-electron chi connectivity index (χ2n) is 5.61. The third-order valence-corrected chi connectivity index (χ3v) is 4.09. The van der Waals surface area contributed by atoms with Gasteiger partial charge in [0.1, 0.15) is 6.04 Å². The van der Waals surface area contributed by atoms with E-state index < -0.39 is 0 Å². The minimum atomic E-state index is -0.185. The van der Waals surface area contributed by atoms with Gasteiger partial charge in [0.15, 0.2) is 5.82 Å². The molecular formula is C17H18N4O2. The van der Waals surface area contributed by atoms with Crippen molar-refractivity contribution in [2.24, 2.45) is 0 Å². The summed E-state index contributed by atoms with van der Waals surface area (Å²) < 4.78 is 5.35. The molecule has 1 aliphatic heterocycles. The van der Waals surface area contributed by atoms with E-state index in [0.29, 0.717) is 35.8 Å². The largest absolute Gasteiger partial charge is 0.337 e. The molecule has 2 aromatic rings. The fourth-order valence-electron chi connectivity index (χ4n) is 2.87. The number of aryl methyl sites for hydroxylation is 1. The van der Waals surface area contributed by atoms with Crippen LogP contribution in [0.2, 0.25) is 0 Å². The van der Waals surface area contributed by atoms with Crippen LogP contribution in [-0.4, -0.2) is 27.5 Å². The number of aromatic nitrogens is 2. The van der Waals surface area contributed by atoms with Crippen molar-refractivity contribution in [2.45, 2.75) is 38.6 Å². The van der Waals surface area contributed by atoms with E-state index in [1.165, 1.54) is 0 Å². The highest BCUT2D eigenvalue weighted by Gasteiger charge is 2.32. The van der Waals surface area contributed by atoms with Gasteiger partial charge in [0.2, 0.25) is 5.89 Å². The maximum Gasteiger partial charge on any atom is 0.254 e. The Bertz CT molecular complexity index is 747. The Labute approximate surface area is 134 Å². The maximum atomic E-state index is 12.9. The van der Waals surface area contributed by atoms with E-state index in [1.807, 2.05) is 6.92 Å². The molecule has 1 aromatic heterocycles. The molecule has 0 spiro atoms. The van der Waals surface area contributed by atoms with Crippen molar-refractivity contribution < 1.29 is 9.32 Å². The van der Waals surface area contributed by atoms with Crippen molar-refractivity contribution in [3.05, 3.63) is 47.1 Å². The van der Waals surface area contributed by atoms with Gasteiger partial charge in [0.05, 0.1) is 11.6 Å². The van der Waals surface area contributed by atoms with Crippen molar-refractivity contribution in [2.75, 3.05) is 6.54 Å². The number of rotatable bonds is 3. The summed E-state index contributed by atoms with van der Waals surface area (Å²) in [4.78, 5) is 19.0. The minimum Gasteiger partial charge on any atom is -0.337 e. The zero-order valence-electron chi connectivity index (χ0n) is 13.0. The number of amides is 1. The average Bonchev–Trinajstić information content (AvgIpc) is 3.10. The third kappa shape index (κ3) is 3.09. The summed E-state index contributed by atoms with van der Waals surface area (Å²) in [5.41, 5.74) is 1.00. The van der Waals surface area contributed by atoms with Gasteiger partial charge in [-0.1, -0.05) is 18.1 Å².